The molecule has 1 unspecified atom stereocenters. The number of nitrogens with zero attached hydrogens (tertiary/aromatic N) is 3. The quantitative estimate of drug-likeness (QED) is 0.326. The molecule has 2 aliphatic heterocycles. The first-order valence-electron chi connectivity index (χ1n) is 7.47. The normalized spacial score (nSPS) is 22.2. The molecular weight excluding hydrogens is 414 g/mol. The number of nitrogens with one attached hydrogen (secondary N) is 1. The second-order valence-corrected chi connectivity index (χ2v) is 8.23. The van der Waals surface area contributed by atoms with Gasteiger partial charge in [-0.25, -0.2) is 9.78 Å². The zero-order valence-electron chi connectivity index (χ0n) is 14.2. The summed E-state index contributed by atoms with van der Waals surface area (Å²) in [6.07, 6.45) is 1.76. The van der Waals surface area contributed by atoms with E-state index in [1.54, 1.807) is 11.6 Å². The van der Waals surface area contributed by atoms with Crippen LogP contribution in [0.15, 0.2) is 21.1 Å². The van der Waals surface area contributed by atoms with Gasteiger partial charge in [0.25, 0.3) is 11.8 Å². The number of thiazole rings is 1. The molecule has 2 amide bonds. The number of β-lactam (4-membered cyclic amide) rings is 1. The number of rotatable bonds is 6. The van der Waals surface area contributed by atoms with Gasteiger partial charge in [0.2, 0.25) is 0 Å². The maximum absolute atomic E-state index is 12.6. The SMILES string of the molecule is CO/N=C(\C(=O)NC1C(=O)N2C(C(=O)O)=C(SC)CS[C@H]12)c1csc(N)n1. The van der Waals surface area contributed by atoms with Crippen molar-refractivity contribution in [2.24, 2.45) is 5.16 Å². The summed E-state index contributed by atoms with van der Waals surface area (Å²) in [6, 6.07) is -0.863. The van der Waals surface area contributed by atoms with Gasteiger partial charge in [0, 0.05) is 16.0 Å². The lowest BCUT2D eigenvalue weighted by molar-refractivity contribution is -0.150. The van der Waals surface area contributed by atoms with E-state index in [1.165, 1.54) is 35.5 Å². The van der Waals surface area contributed by atoms with Gasteiger partial charge in [0.1, 0.15) is 29.9 Å². The number of carbonyl (C=O) groups is 3. The van der Waals surface area contributed by atoms with E-state index in [9.17, 15) is 19.5 Å². The smallest absolute Gasteiger partial charge is 0.353 e. The number of amides is 2. The summed E-state index contributed by atoms with van der Waals surface area (Å²) in [7, 11) is 1.28. The molecule has 0 saturated carbocycles. The Morgan fingerprint density at radius 3 is 2.85 bits per heavy atom. The Morgan fingerprint density at radius 1 is 1.56 bits per heavy atom. The molecule has 1 aromatic rings. The van der Waals surface area contributed by atoms with Crippen molar-refractivity contribution in [3.63, 3.8) is 0 Å². The molecule has 3 heterocycles. The largest absolute Gasteiger partial charge is 0.477 e. The third kappa shape index (κ3) is 3.49. The molecule has 1 fully saturated rings. The molecule has 0 spiro atoms. The minimum absolute atomic E-state index is 0.0280. The highest BCUT2D eigenvalue weighted by Gasteiger charge is 2.54. The Kier molecular flexibility index (Phi) is 5.62. The van der Waals surface area contributed by atoms with E-state index in [0.717, 1.165) is 11.3 Å². The lowest BCUT2D eigenvalue weighted by Gasteiger charge is -2.49. The van der Waals surface area contributed by atoms with E-state index in [2.05, 4.69) is 15.5 Å². The van der Waals surface area contributed by atoms with Gasteiger partial charge in [0.15, 0.2) is 10.8 Å². The zero-order chi connectivity index (χ0) is 19.7. The Balaban J connectivity index is 1.79. The van der Waals surface area contributed by atoms with Gasteiger partial charge < -0.3 is 21.0 Å². The molecular formula is C14H15N5O5S3. The fourth-order valence-electron chi connectivity index (χ4n) is 2.65. The molecule has 0 radical (unpaired) electrons. The van der Waals surface area contributed by atoms with Gasteiger partial charge in [-0.1, -0.05) is 5.16 Å². The van der Waals surface area contributed by atoms with Crippen molar-refractivity contribution in [3.05, 3.63) is 21.7 Å². The third-order valence-corrected chi connectivity index (χ3v) is 6.80. The highest BCUT2D eigenvalue weighted by molar-refractivity contribution is 8.05. The summed E-state index contributed by atoms with van der Waals surface area (Å²) < 4.78 is 0. The Bertz CT molecular complexity index is 867. The van der Waals surface area contributed by atoms with Crippen molar-refractivity contribution in [3.8, 4) is 0 Å². The first-order valence-corrected chi connectivity index (χ1v) is 10.6. The lowest BCUT2D eigenvalue weighted by atomic mass is 10.0. The van der Waals surface area contributed by atoms with E-state index in [0.29, 0.717) is 10.7 Å². The predicted octanol–water partition coefficient (Wildman–Crippen LogP) is 0.135. The molecule has 144 valence electrons. The van der Waals surface area contributed by atoms with Crippen molar-refractivity contribution >= 4 is 63.5 Å². The maximum atomic E-state index is 12.6. The number of hydrogen-bond donors (Lipinski definition) is 3. The molecule has 0 bridgehead atoms. The van der Waals surface area contributed by atoms with Crippen molar-refractivity contribution < 1.29 is 24.3 Å². The van der Waals surface area contributed by atoms with Crippen LogP contribution in [0.3, 0.4) is 0 Å². The molecule has 0 aliphatic carbocycles. The molecule has 10 nitrogen and oxygen atoms in total. The first-order chi connectivity index (χ1) is 12.9. The number of oxime groups is 1. The van der Waals surface area contributed by atoms with Gasteiger partial charge in [-0.15, -0.1) is 34.9 Å². The molecule has 1 aromatic heterocycles. The number of nitrogens with two attached hydrogens (primary N) is 1. The third-order valence-electron chi connectivity index (χ3n) is 3.83. The molecule has 1 saturated heterocycles. The molecule has 2 atom stereocenters. The lowest BCUT2D eigenvalue weighted by Crippen LogP contribution is -2.71. The van der Waals surface area contributed by atoms with Crippen molar-refractivity contribution in [1.29, 1.82) is 0 Å². The van der Waals surface area contributed by atoms with E-state index in [4.69, 9.17) is 10.6 Å². The molecule has 4 N–H and O–H groups in total. The summed E-state index contributed by atoms with van der Waals surface area (Å²) >= 11 is 3.82. The van der Waals surface area contributed by atoms with Crippen LogP contribution in [0, 0.1) is 0 Å². The summed E-state index contributed by atoms with van der Waals surface area (Å²) in [5, 5.41) is 17.0. The van der Waals surface area contributed by atoms with Crippen molar-refractivity contribution in [2.75, 3.05) is 24.9 Å². The summed E-state index contributed by atoms with van der Waals surface area (Å²) in [5.74, 6) is -1.86. The number of aliphatic carboxylic acids is 1. The standard InChI is InChI=1S/C14H15N5O5S3/c1-24-18-7(5-3-27-14(15)16-5)10(20)17-8-11(21)19-9(13(22)23)6(25-2)4-26-12(8)19/h3,8,12H,4H2,1-2H3,(H2,15,16)(H,17,20)(H,22,23)/b18-7-/t8?,12-/m1/s1. The number of fused-ring (bicyclic) bond motifs is 1. The number of aromatic nitrogens is 1. The van der Waals surface area contributed by atoms with Crippen LogP contribution in [-0.2, 0) is 19.2 Å². The van der Waals surface area contributed by atoms with Crippen LogP contribution in [0.2, 0.25) is 0 Å². The van der Waals surface area contributed by atoms with Crippen LogP contribution in [0.5, 0.6) is 0 Å². The van der Waals surface area contributed by atoms with Gasteiger partial charge in [-0.3, -0.25) is 14.5 Å². The van der Waals surface area contributed by atoms with Crippen LogP contribution in [0.4, 0.5) is 5.13 Å². The monoisotopic (exact) mass is 429 g/mol. The van der Waals surface area contributed by atoms with Crippen molar-refractivity contribution in [2.45, 2.75) is 11.4 Å². The van der Waals surface area contributed by atoms with Gasteiger partial charge in [0.05, 0.1) is 0 Å². The van der Waals surface area contributed by atoms with Gasteiger partial charge in [-0.05, 0) is 6.26 Å². The Hall–Kier alpha value is -2.25. The summed E-state index contributed by atoms with van der Waals surface area (Å²) in [5.41, 5.74) is 5.67. The topological polar surface area (TPSA) is 147 Å². The molecule has 13 heteroatoms. The van der Waals surface area contributed by atoms with Crippen LogP contribution in [0.25, 0.3) is 0 Å². The van der Waals surface area contributed by atoms with E-state index < -0.39 is 29.2 Å². The predicted molar refractivity (Wildman–Crippen MR) is 103 cm³/mol. The Labute approximate surface area is 166 Å². The summed E-state index contributed by atoms with van der Waals surface area (Å²) in [4.78, 5) is 47.2. The number of carboxylic acids is 1. The minimum Gasteiger partial charge on any atom is -0.477 e. The van der Waals surface area contributed by atoms with E-state index in [1.807, 2.05) is 0 Å². The number of thioether (sulfide) groups is 2. The number of hydrogen-bond acceptors (Lipinski definition) is 10. The van der Waals surface area contributed by atoms with E-state index >= 15 is 0 Å². The second-order valence-electron chi connectivity index (χ2n) is 5.34. The number of carboxylic acid groups (broad SMARTS) is 1. The van der Waals surface area contributed by atoms with Crippen LogP contribution >= 0.6 is 34.9 Å². The number of anilines is 1. The molecule has 27 heavy (non-hydrogen) atoms. The zero-order valence-corrected chi connectivity index (χ0v) is 16.6. The number of carbonyl (C=O) groups excluding carboxylic acids is 2. The average Bonchev–Trinajstić information content (AvgIpc) is 3.08. The molecule has 2 aliphatic rings. The van der Waals surface area contributed by atoms with Crippen LogP contribution < -0.4 is 11.1 Å². The first kappa shape index (κ1) is 19.5. The maximum Gasteiger partial charge on any atom is 0.353 e. The highest BCUT2D eigenvalue weighted by Crippen LogP contribution is 2.42. The van der Waals surface area contributed by atoms with Crippen molar-refractivity contribution in [1.82, 2.24) is 15.2 Å². The van der Waals surface area contributed by atoms with Gasteiger partial charge in [-0.2, -0.15) is 0 Å². The minimum atomic E-state index is -1.16. The van der Waals surface area contributed by atoms with Crippen LogP contribution in [0.1, 0.15) is 5.69 Å². The number of nitrogen functional groups attached to an aromatic ring is 1. The van der Waals surface area contributed by atoms with E-state index in [-0.39, 0.29) is 22.2 Å². The van der Waals surface area contributed by atoms with Crippen LogP contribution in [-0.4, -0.2) is 69.0 Å². The molecule has 0 aromatic carbocycles. The van der Waals surface area contributed by atoms with Gasteiger partial charge >= 0.3 is 5.97 Å². The average molecular weight is 430 g/mol. The Morgan fingerprint density at radius 2 is 2.30 bits per heavy atom. The fourth-order valence-corrected chi connectivity index (χ4v) is 5.45. The molecule has 3 rings (SSSR count). The highest BCUT2D eigenvalue weighted by atomic mass is 32.2. The fraction of sp³-hybridized carbons (Fsp3) is 0.357. The second kappa shape index (κ2) is 7.78. The summed E-state index contributed by atoms with van der Waals surface area (Å²) in [6.45, 7) is 0.